The lowest BCUT2D eigenvalue weighted by molar-refractivity contribution is -0.137. The number of fused-ring (bicyclic) bond motifs is 1. The van der Waals surface area contributed by atoms with Crippen LogP contribution in [0.2, 0.25) is 0 Å². The monoisotopic (exact) mass is 478 g/mol. The summed E-state index contributed by atoms with van der Waals surface area (Å²) in [5.74, 6) is -0.232. The SMILES string of the molecule is NC(=O)/C=C/c1cc(-c2cnc3[nH]cc(-c4ccc(=O)n(CC5CC5)c4)c3c2)cc(C(F)(F)F)c1. The zero-order valence-electron chi connectivity index (χ0n) is 18.5. The summed E-state index contributed by atoms with van der Waals surface area (Å²) in [5.41, 5.74) is 7.32. The average molecular weight is 478 g/mol. The normalized spacial score (nSPS) is 14.1. The number of carbonyl (C=O) groups excluding carboxylic acids is 1. The van der Waals surface area contributed by atoms with Gasteiger partial charge in [-0.05, 0) is 66.3 Å². The zero-order valence-corrected chi connectivity index (χ0v) is 18.5. The lowest BCUT2D eigenvalue weighted by Crippen LogP contribution is -2.19. The summed E-state index contributed by atoms with van der Waals surface area (Å²) < 4.78 is 42.4. The largest absolute Gasteiger partial charge is 0.416 e. The molecule has 178 valence electrons. The van der Waals surface area contributed by atoms with Gasteiger partial charge in [0.15, 0.2) is 0 Å². The summed E-state index contributed by atoms with van der Waals surface area (Å²) in [6, 6.07) is 8.57. The van der Waals surface area contributed by atoms with Crippen LogP contribution in [0.15, 0.2) is 65.9 Å². The third-order valence-corrected chi connectivity index (χ3v) is 6.03. The minimum absolute atomic E-state index is 0.0696. The fourth-order valence-electron chi connectivity index (χ4n) is 4.07. The molecular formula is C26H21F3N4O2. The van der Waals surface area contributed by atoms with Gasteiger partial charge in [-0.2, -0.15) is 13.2 Å². The predicted molar refractivity (Wildman–Crippen MR) is 127 cm³/mol. The average Bonchev–Trinajstić information content (AvgIpc) is 3.54. The second kappa shape index (κ2) is 8.57. The Morgan fingerprint density at radius 2 is 1.94 bits per heavy atom. The molecule has 9 heteroatoms. The van der Waals surface area contributed by atoms with Crippen molar-refractivity contribution in [2.75, 3.05) is 0 Å². The van der Waals surface area contributed by atoms with Gasteiger partial charge in [-0.25, -0.2) is 4.98 Å². The molecule has 0 radical (unpaired) electrons. The number of benzene rings is 1. The van der Waals surface area contributed by atoms with Crippen LogP contribution in [0.1, 0.15) is 24.0 Å². The van der Waals surface area contributed by atoms with Crippen LogP contribution in [0.25, 0.3) is 39.4 Å². The molecule has 0 bridgehead atoms. The van der Waals surface area contributed by atoms with Crippen LogP contribution in [-0.4, -0.2) is 20.4 Å². The Balaban J connectivity index is 1.60. The number of pyridine rings is 2. The Bertz CT molecular complexity index is 1530. The van der Waals surface area contributed by atoms with Gasteiger partial charge in [-0.1, -0.05) is 0 Å². The van der Waals surface area contributed by atoms with E-state index in [4.69, 9.17) is 5.73 Å². The Labute approximate surface area is 197 Å². The maximum atomic E-state index is 13.6. The van der Waals surface area contributed by atoms with Gasteiger partial charge >= 0.3 is 6.18 Å². The van der Waals surface area contributed by atoms with E-state index >= 15 is 0 Å². The molecule has 3 N–H and O–H groups in total. The number of nitrogens with zero attached hydrogens (tertiary/aromatic N) is 2. The molecule has 3 aromatic heterocycles. The second-order valence-electron chi connectivity index (χ2n) is 8.75. The van der Waals surface area contributed by atoms with Crippen molar-refractivity contribution in [3.8, 4) is 22.3 Å². The predicted octanol–water partition coefficient (Wildman–Crippen LogP) is 4.99. The number of halogens is 3. The van der Waals surface area contributed by atoms with Crippen molar-refractivity contribution in [2.45, 2.75) is 25.6 Å². The van der Waals surface area contributed by atoms with Gasteiger partial charge in [0.05, 0.1) is 5.56 Å². The summed E-state index contributed by atoms with van der Waals surface area (Å²) >= 11 is 0. The highest BCUT2D eigenvalue weighted by Gasteiger charge is 2.31. The van der Waals surface area contributed by atoms with Crippen LogP contribution in [-0.2, 0) is 17.5 Å². The Morgan fingerprint density at radius 1 is 1.14 bits per heavy atom. The summed E-state index contributed by atoms with van der Waals surface area (Å²) in [6.07, 6.45) is 5.00. The number of aromatic nitrogens is 3. The summed E-state index contributed by atoms with van der Waals surface area (Å²) in [7, 11) is 0. The van der Waals surface area contributed by atoms with Gasteiger partial charge in [-0.15, -0.1) is 0 Å². The lowest BCUT2D eigenvalue weighted by Gasteiger charge is -2.11. The van der Waals surface area contributed by atoms with Gasteiger partial charge in [0.2, 0.25) is 5.91 Å². The quantitative estimate of drug-likeness (QED) is 0.383. The van der Waals surface area contributed by atoms with Crippen LogP contribution in [0.5, 0.6) is 0 Å². The molecule has 0 aliphatic heterocycles. The van der Waals surface area contributed by atoms with Gasteiger partial charge in [-0.3, -0.25) is 9.59 Å². The number of primary amides is 1. The van der Waals surface area contributed by atoms with Crippen molar-refractivity contribution in [1.29, 1.82) is 0 Å². The molecule has 1 aliphatic carbocycles. The number of carbonyl (C=O) groups is 1. The van der Waals surface area contributed by atoms with Crippen molar-refractivity contribution in [2.24, 2.45) is 11.7 Å². The summed E-state index contributed by atoms with van der Waals surface area (Å²) in [4.78, 5) is 30.8. The van der Waals surface area contributed by atoms with Crippen molar-refractivity contribution in [1.82, 2.24) is 14.5 Å². The van der Waals surface area contributed by atoms with Crippen LogP contribution < -0.4 is 11.3 Å². The van der Waals surface area contributed by atoms with E-state index in [1.807, 2.05) is 6.20 Å². The first-order valence-corrected chi connectivity index (χ1v) is 11.1. The molecule has 0 atom stereocenters. The van der Waals surface area contributed by atoms with Crippen molar-refractivity contribution >= 4 is 23.0 Å². The van der Waals surface area contributed by atoms with E-state index < -0.39 is 17.6 Å². The number of hydrogen-bond acceptors (Lipinski definition) is 3. The van der Waals surface area contributed by atoms with Crippen LogP contribution in [0.3, 0.4) is 0 Å². The van der Waals surface area contributed by atoms with Crippen molar-refractivity contribution in [3.63, 3.8) is 0 Å². The Kier molecular flexibility index (Phi) is 5.55. The topological polar surface area (TPSA) is 93.8 Å². The highest BCUT2D eigenvalue weighted by molar-refractivity contribution is 5.96. The van der Waals surface area contributed by atoms with E-state index in [0.29, 0.717) is 34.6 Å². The first-order valence-electron chi connectivity index (χ1n) is 11.1. The van der Waals surface area contributed by atoms with Crippen LogP contribution in [0, 0.1) is 5.92 Å². The molecule has 0 spiro atoms. The number of nitrogens with two attached hydrogens (primary N) is 1. The number of amides is 1. The fraction of sp³-hybridized carbons (Fsp3) is 0.192. The van der Waals surface area contributed by atoms with E-state index in [0.717, 1.165) is 42.2 Å². The molecular weight excluding hydrogens is 457 g/mol. The third kappa shape index (κ3) is 4.89. The van der Waals surface area contributed by atoms with Crippen molar-refractivity contribution in [3.05, 3.63) is 82.5 Å². The lowest BCUT2D eigenvalue weighted by atomic mass is 9.98. The molecule has 35 heavy (non-hydrogen) atoms. The molecule has 0 unspecified atom stereocenters. The van der Waals surface area contributed by atoms with Crippen molar-refractivity contribution < 1.29 is 18.0 Å². The zero-order chi connectivity index (χ0) is 24.7. The second-order valence-corrected chi connectivity index (χ2v) is 8.75. The molecule has 3 heterocycles. The molecule has 1 aromatic carbocycles. The van der Waals surface area contributed by atoms with E-state index in [2.05, 4.69) is 9.97 Å². The number of rotatable bonds is 6. The molecule has 1 fully saturated rings. The molecule has 6 nitrogen and oxygen atoms in total. The Morgan fingerprint density at radius 3 is 2.66 bits per heavy atom. The van der Waals surface area contributed by atoms with E-state index in [-0.39, 0.29) is 11.1 Å². The number of aromatic amines is 1. The van der Waals surface area contributed by atoms with Crippen LogP contribution in [0.4, 0.5) is 13.2 Å². The molecule has 0 saturated heterocycles. The van der Waals surface area contributed by atoms with E-state index in [1.165, 1.54) is 18.3 Å². The van der Waals surface area contributed by atoms with Gasteiger partial charge in [0.1, 0.15) is 5.65 Å². The van der Waals surface area contributed by atoms with Crippen LogP contribution >= 0.6 is 0 Å². The third-order valence-electron chi connectivity index (χ3n) is 6.03. The molecule has 5 rings (SSSR count). The number of alkyl halides is 3. The number of H-pyrrole nitrogens is 1. The van der Waals surface area contributed by atoms with E-state index in [1.54, 1.807) is 29.0 Å². The summed E-state index contributed by atoms with van der Waals surface area (Å²) in [5, 5.41) is 0.714. The number of hydrogen-bond donors (Lipinski definition) is 2. The molecule has 4 aromatic rings. The Hall–Kier alpha value is -4.14. The van der Waals surface area contributed by atoms with Gasteiger partial charge in [0.25, 0.3) is 5.56 Å². The first kappa shape index (κ1) is 22.6. The number of nitrogens with one attached hydrogen (secondary N) is 1. The highest BCUT2D eigenvalue weighted by atomic mass is 19.4. The summed E-state index contributed by atoms with van der Waals surface area (Å²) in [6.45, 7) is 0.671. The standard InChI is InChI=1S/C26H21F3N4O2/c27-26(28,29)20-8-16(3-5-23(30)34)7-18(9-20)19-10-21-22(12-32-25(21)31-11-19)17-4-6-24(35)33(14-17)13-15-1-2-15/h3-12,14-15H,1-2,13H2,(H2,30,34)(H,31,32)/b5-3+. The minimum atomic E-state index is -4.57. The van der Waals surface area contributed by atoms with Gasteiger partial charge in [0, 0.05) is 59.4 Å². The minimum Gasteiger partial charge on any atom is -0.366 e. The van der Waals surface area contributed by atoms with Gasteiger partial charge < -0.3 is 15.3 Å². The molecule has 1 saturated carbocycles. The maximum Gasteiger partial charge on any atom is 0.416 e. The fourth-order valence-corrected chi connectivity index (χ4v) is 4.07. The van der Waals surface area contributed by atoms with E-state index in [9.17, 15) is 22.8 Å². The maximum absolute atomic E-state index is 13.6. The molecule has 1 aliphatic rings. The first-order chi connectivity index (χ1) is 16.7. The molecule has 1 amide bonds. The highest BCUT2D eigenvalue weighted by Crippen LogP contribution is 2.36. The smallest absolute Gasteiger partial charge is 0.366 e.